The number of rotatable bonds is 3. The first-order chi connectivity index (χ1) is 16.2. The largest absolute Gasteiger partial charge is 0.497 e. The highest BCUT2D eigenvalue weighted by Crippen LogP contribution is 2.41. The second-order valence-corrected chi connectivity index (χ2v) is 9.01. The number of ether oxygens (including phenoxy) is 2. The number of halogens is 1. The lowest BCUT2D eigenvalue weighted by molar-refractivity contribution is 0.415. The molecule has 3 nitrogen and oxygen atoms in total. The van der Waals surface area contributed by atoms with Crippen molar-refractivity contribution in [2.75, 3.05) is 14.2 Å². The molecule has 0 aliphatic rings. The van der Waals surface area contributed by atoms with Crippen molar-refractivity contribution in [1.82, 2.24) is 4.98 Å². The summed E-state index contributed by atoms with van der Waals surface area (Å²) in [5, 5.41) is 6.64. The van der Waals surface area contributed by atoms with Gasteiger partial charge in [0.2, 0.25) is 0 Å². The number of methoxy groups -OCH3 is 2. The second-order valence-electron chi connectivity index (χ2n) is 8.09. The molecule has 160 valence electrons. The minimum absolute atomic E-state index is 0.820. The van der Waals surface area contributed by atoms with Crippen LogP contribution in [0.15, 0.2) is 89.4 Å². The second kappa shape index (κ2) is 7.75. The van der Waals surface area contributed by atoms with Gasteiger partial charge in [0.05, 0.1) is 25.3 Å². The molecule has 1 aromatic heterocycles. The lowest BCUT2D eigenvalue weighted by atomic mass is 9.92. The summed E-state index contributed by atoms with van der Waals surface area (Å²) in [6, 6.07) is 29.5. The Kier molecular flexibility index (Phi) is 4.70. The Labute approximate surface area is 199 Å². The highest BCUT2D eigenvalue weighted by Gasteiger charge is 2.16. The predicted molar refractivity (Wildman–Crippen MR) is 141 cm³/mol. The molecule has 0 saturated heterocycles. The van der Waals surface area contributed by atoms with E-state index in [2.05, 4.69) is 88.7 Å². The molecule has 1 heterocycles. The third-order valence-electron chi connectivity index (χ3n) is 6.28. The average molecular weight is 494 g/mol. The number of fused-ring (bicyclic) bond motifs is 6. The van der Waals surface area contributed by atoms with E-state index >= 15 is 0 Å². The first-order valence-corrected chi connectivity index (χ1v) is 11.5. The summed E-state index contributed by atoms with van der Waals surface area (Å²) in [5.74, 6) is 1.64. The Bertz CT molecular complexity index is 1610. The molecule has 0 aliphatic heterocycles. The van der Waals surface area contributed by atoms with Crippen LogP contribution in [0.3, 0.4) is 0 Å². The average Bonchev–Trinajstić information content (AvgIpc) is 2.86. The Morgan fingerprint density at radius 3 is 1.67 bits per heavy atom. The predicted octanol–water partition coefficient (Wildman–Crippen LogP) is 8.14. The van der Waals surface area contributed by atoms with Gasteiger partial charge in [-0.1, -0.05) is 64.5 Å². The normalized spacial score (nSPS) is 11.5. The van der Waals surface area contributed by atoms with Crippen molar-refractivity contribution in [3.8, 4) is 22.6 Å². The van der Waals surface area contributed by atoms with Crippen LogP contribution >= 0.6 is 15.9 Å². The van der Waals surface area contributed by atoms with Gasteiger partial charge in [-0.05, 0) is 52.7 Å². The topological polar surface area (TPSA) is 31.4 Å². The van der Waals surface area contributed by atoms with Gasteiger partial charge >= 0.3 is 0 Å². The molecule has 0 saturated carbocycles. The Morgan fingerprint density at radius 2 is 1.15 bits per heavy atom. The number of hydrogen-bond donors (Lipinski definition) is 0. The van der Waals surface area contributed by atoms with Gasteiger partial charge in [0.25, 0.3) is 0 Å². The molecule has 6 rings (SSSR count). The number of benzene rings is 5. The van der Waals surface area contributed by atoms with Crippen LogP contribution in [-0.2, 0) is 0 Å². The first-order valence-electron chi connectivity index (χ1n) is 10.7. The Hall–Kier alpha value is -3.63. The summed E-state index contributed by atoms with van der Waals surface area (Å²) in [6.45, 7) is 0. The number of pyridine rings is 1. The molecule has 6 aromatic rings. The molecule has 0 spiro atoms. The molecule has 5 aromatic carbocycles. The third-order valence-corrected chi connectivity index (χ3v) is 6.77. The number of nitrogens with zero attached hydrogens (tertiary/aromatic N) is 1. The SMILES string of the molecule is COc1ccc2ccc3c(-c4cccc(Br)c4)c4ccc5ccc(OC)cc5c4nc3c2c1. The number of hydrogen-bond acceptors (Lipinski definition) is 3. The molecule has 0 fully saturated rings. The Morgan fingerprint density at radius 1 is 0.606 bits per heavy atom. The summed E-state index contributed by atoms with van der Waals surface area (Å²) in [6.07, 6.45) is 0. The zero-order valence-electron chi connectivity index (χ0n) is 18.2. The maximum atomic E-state index is 5.54. The summed E-state index contributed by atoms with van der Waals surface area (Å²) in [7, 11) is 3.39. The van der Waals surface area contributed by atoms with Crippen molar-refractivity contribution in [1.29, 1.82) is 0 Å². The van der Waals surface area contributed by atoms with Crippen molar-refractivity contribution in [3.05, 3.63) is 89.4 Å². The van der Waals surface area contributed by atoms with Crippen molar-refractivity contribution in [2.45, 2.75) is 0 Å². The minimum Gasteiger partial charge on any atom is -0.497 e. The van der Waals surface area contributed by atoms with Gasteiger partial charge < -0.3 is 9.47 Å². The fourth-order valence-electron chi connectivity index (χ4n) is 4.68. The van der Waals surface area contributed by atoms with E-state index < -0.39 is 0 Å². The van der Waals surface area contributed by atoms with E-state index in [4.69, 9.17) is 14.5 Å². The van der Waals surface area contributed by atoms with Crippen LogP contribution in [0.4, 0.5) is 0 Å². The van der Waals surface area contributed by atoms with Crippen LogP contribution in [0.1, 0.15) is 0 Å². The summed E-state index contributed by atoms with van der Waals surface area (Å²) < 4.78 is 12.1. The Balaban J connectivity index is 1.87. The van der Waals surface area contributed by atoms with E-state index in [9.17, 15) is 0 Å². The van der Waals surface area contributed by atoms with E-state index in [1.807, 2.05) is 12.1 Å². The summed E-state index contributed by atoms with van der Waals surface area (Å²) in [4.78, 5) is 5.27. The van der Waals surface area contributed by atoms with E-state index in [1.54, 1.807) is 14.2 Å². The van der Waals surface area contributed by atoms with E-state index in [1.165, 1.54) is 5.56 Å². The molecule has 0 atom stereocenters. The maximum absolute atomic E-state index is 5.54. The van der Waals surface area contributed by atoms with Crippen LogP contribution in [0.2, 0.25) is 0 Å². The van der Waals surface area contributed by atoms with Crippen LogP contribution in [-0.4, -0.2) is 19.2 Å². The van der Waals surface area contributed by atoms with Crippen molar-refractivity contribution in [3.63, 3.8) is 0 Å². The van der Waals surface area contributed by atoms with E-state index in [-0.39, 0.29) is 0 Å². The van der Waals surface area contributed by atoms with Crippen LogP contribution < -0.4 is 9.47 Å². The lowest BCUT2D eigenvalue weighted by Crippen LogP contribution is -1.93. The van der Waals surface area contributed by atoms with Crippen LogP contribution in [0.25, 0.3) is 54.5 Å². The summed E-state index contributed by atoms with van der Waals surface area (Å²) >= 11 is 3.66. The number of aromatic nitrogens is 1. The van der Waals surface area contributed by atoms with Crippen molar-refractivity contribution >= 4 is 59.3 Å². The molecule has 4 heteroatoms. The monoisotopic (exact) mass is 493 g/mol. The van der Waals surface area contributed by atoms with Crippen LogP contribution in [0, 0.1) is 0 Å². The molecule has 0 unspecified atom stereocenters. The molecule has 0 aliphatic carbocycles. The third kappa shape index (κ3) is 3.21. The molecule has 33 heavy (non-hydrogen) atoms. The molecule has 0 bridgehead atoms. The van der Waals surface area contributed by atoms with Gasteiger partial charge in [-0.15, -0.1) is 0 Å². The quantitative estimate of drug-likeness (QED) is 0.184. The molecule has 0 amide bonds. The molecular weight excluding hydrogens is 474 g/mol. The van der Waals surface area contributed by atoms with Gasteiger partial charge in [0, 0.05) is 31.6 Å². The zero-order chi connectivity index (χ0) is 22.5. The molecule has 0 N–H and O–H groups in total. The van der Waals surface area contributed by atoms with Gasteiger partial charge in [0.1, 0.15) is 11.5 Å². The molecule has 0 radical (unpaired) electrons. The minimum atomic E-state index is 0.820. The smallest absolute Gasteiger partial charge is 0.119 e. The van der Waals surface area contributed by atoms with Gasteiger partial charge in [-0.2, -0.15) is 0 Å². The van der Waals surface area contributed by atoms with Gasteiger partial charge in [-0.25, -0.2) is 4.98 Å². The van der Waals surface area contributed by atoms with Crippen LogP contribution in [0.5, 0.6) is 11.5 Å². The van der Waals surface area contributed by atoms with Gasteiger partial charge in [0.15, 0.2) is 0 Å². The highest BCUT2D eigenvalue weighted by molar-refractivity contribution is 9.10. The van der Waals surface area contributed by atoms with E-state index in [0.29, 0.717) is 0 Å². The maximum Gasteiger partial charge on any atom is 0.119 e. The van der Waals surface area contributed by atoms with E-state index in [0.717, 1.165) is 64.9 Å². The van der Waals surface area contributed by atoms with Crippen molar-refractivity contribution < 1.29 is 9.47 Å². The standard InChI is InChI=1S/C29H20BrNO2/c1-32-21-10-6-17-8-12-23-27(19-4-3-5-20(30)14-19)24-13-9-18-7-11-22(33-2)16-26(18)29(24)31-28(23)25(17)15-21/h3-16H,1-2H3. The fourth-order valence-corrected chi connectivity index (χ4v) is 5.08. The lowest BCUT2D eigenvalue weighted by Gasteiger charge is -2.15. The first kappa shape index (κ1) is 20.0. The van der Waals surface area contributed by atoms with Gasteiger partial charge in [-0.3, -0.25) is 0 Å². The fraction of sp³-hybridized carbons (Fsp3) is 0.0690. The summed E-state index contributed by atoms with van der Waals surface area (Å²) in [5.41, 5.74) is 4.24. The highest BCUT2D eigenvalue weighted by atomic mass is 79.9. The molecular formula is C29H20BrNO2. The zero-order valence-corrected chi connectivity index (χ0v) is 19.8. The van der Waals surface area contributed by atoms with Crippen molar-refractivity contribution in [2.24, 2.45) is 0 Å².